The number of aliphatic imine (C=N–C) groups is 1. The summed E-state index contributed by atoms with van der Waals surface area (Å²) < 4.78 is 0. The highest BCUT2D eigenvalue weighted by Gasteiger charge is 2.32. The topological polar surface area (TPSA) is 65.2 Å². The molecule has 0 heterocycles. The van der Waals surface area contributed by atoms with Crippen LogP contribution in [0.15, 0.2) is 65.7 Å². The van der Waals surface area contributed by atoms with Crippen LogP contribution in [-0.2, 0) is 10.5 Å². The molecule has 29 heavy (non-hydrogen) atoms. The van der Waals surface area contributed by atoms with Gasteiger partial charge in [-0.05, 0) is 29.9 Å². The molecule has 0 radical (unpaired) electrons. The first-order valence-corrected chi connectivity index (χ1v) is 10.7. The van der Waals surface area contributed by atoms with Gasteiger partial charge in [0, 0.05) is 12.0 Å². The van der Waals surface area contributed by atoms with Crippen molar-refractivity contribution in [1.82, 2.24) is 5.32 Å². The lowest BCUT2D eigenvalue weighted by molar-refractivity contribution is -0.123. The molecule has 0 bridgehead atoms. The predicted molar refractivity (Wildman–Crippen MR) is 122 cm³/mol. The summed E-state index contributed by atoms with van der Waals surface area (Å²) in [6.07, 6.45) is 2.32. The minimum atomic E-state index is -1.02. The van der Waals surface area contributed by atoms with Crippen molar-refractivity contribution >= 4 is 23.9 Å². The fourth-order valence-electron chi connectivity index (χ4n) is 2.72. The molecule has 2 aromatic rings. The highest BCUT2D eigenvalue weighted by Crippen LogP contribution is 2.27. The molecule has 0 aliphatic carbocycles. The van der Waals surface area contributed by atoms with E-state index < -0.39 is 10.9 Å². The van der Waals surface area contributed by atoms with Crippen LogP contribution in [-0.4, -0.2) is 23.0 Å². The summed E-state index contributed by atoms with van der Waals surface area (Å²) in [5, 5.41) is 12.6. The van der Waals surface area contributed by atoms with Crippen LogP contribution >= 0.6 is 11.8 Å². The van der Waals surface area contributed by atoms with E-state index in [0.717, 1.165) is 11.1 Å². The highest BCUT2D eigenvalue weighted by atomic mass is 32.2. The van der Waals surface area contributed by atoms with Gasteiger partial charge in [0.1, 0.15) is 12.1 Å². The van der Waals surface area contributed by atoms with Crippen molar-refractivity contribution in [2.75, 3.05) is 0 Å². The van der Waals surface area contributed by atoms with Crippen molar-refractivity contribution < 1.29 is 4.79 Å². The maximum Gasteiger partial charge on any atom is 0.246 e. The number of benzene rings is 2. The Balaban J connectivity index is 2.11. The molecular formula is C24H29N3OS. The van der Waals surface area contributed by atoms with E-state index in [2.05, 4.69) is 37.1 Å². The second-order valence-corrected chi connectivity index (χ2v) is 9.77. The number of carbonyl (C=O) groups excluding carboxylic acids is 1. The van der Waals surface area contributed by atoms with Crippen LogP contribution in [0.4, 0.5) is 0 Å². The fourth-order valence-corrected chi connectivity index (χ4v) is 3.61. The summed E-state index contributed by atoms with van der Waals surface area (Å²) >= 11 is 1.41. The fraction of sp³-hybridized carbons (Fsp3) is 0.375. The van der Waals surface area contributed by atoms with Gasteiger partial charge in [0.25, 0.3) is 0 Å². The third-order valence-corrected chi connectivity index (χ3v) is 5.51. The Labute approximate surface area is 178 Å². The molecule has 0 aromatic heterocycles. The Kier molecular flexibility index (Phi) is 8.04. The first-order valence-electron chi connectivity index (χ1n) is 9.70. The third-order valence-electron chi connectivity index (χ3n) is 4.26. The van der Waals surface area contributed by atoms with Gasteiger partial charge in [0.05, 0.1) is 0 Å². The standard InChI is InChI=1S/C24H29N3OS/c1-23(2,3)15-21(26-16-19-11-7-5-8-12-19)22(28)27-24(4,18-25)29-17-20-13-9-6-10-14-20/h5-14,16,21H,15,17H2,1-4H3,(H,27,28). The molecule has 0 fully saturated rings. The van der Waals surface area contributed by atoms with E-state index in [1.165, 1.54) is 11.8 Å². The molecule has 2 aromatic carbocycles. The molecular weight excluding hydrogens is 378 g/mol. The molecule has 0 saturated carbocycles. The lowest BCUT2D eigenvalue weighted by Gasteiger charge is -2.27. The SMILES string of the molecule is CC(C)(C)CC(N=Cc1ccccc1)C(=O)NC(C)(C#N)SCc1ccccc1. The Morgan fingerprint density at radius 1 is 1.10 bits per heavy atom. The van der Waals surface area contributed by atoms with Crippen molar-refractivity contribution in [3.63, 3.8) is 0 Å². The minimum absolute atomic E-state index is 0.0732. The van der Waals surface area contributed by atoms with E-state index in [0.29, 0.717) is 12.2 Å². The van der Waals surface area contributed by atoms with Gasteiger partial charge < -0.3 is 5.32 Å². The number of nitrogens with zero attached hydrogens (tertiary/aromatic N) is 2. The summed E-state index contributed by atoms with van der Waals surface area (Å²) in [4.78, 5) is 16.6. The number of carbonyl (C=O) groups is 1. The normalized spacial score (nSPS) is 14.7. The lowest BCUT2D eigenvalue weighted by atomic mass is 9.88. The Hall–Kier alpha value is -2.58. The van der Waals surface area contributed by atoms with Crippen LogP contribution < -0.4 is 5.32 Å². The van der Waals surface area contributed by atoms with E-state index in [1.807, 2.05) is 60.7 Å². The van der Waals surface area contributed by atoms with Crippen LogP contribution in [0.1, 0.15) is 45.2 Å². The molecule has 0 saturated heterocycles. The Morgan fingerprint density at radius 3 is 2.24 bits per heavy atom. The molecule has 0 spiro atoms. The summed E-state index contributed by atoms with van der Waals surface area (Å²) in [6, 6.07) is 21.3. The van der Waals surface area contributed by atoms with Gasteiger partial charge in [-0.15, -0.1) is 11.8 Å². The Morgan fingerprint density at radius 2 is 1.69 bits per heavy atom. The number of hydrogen-bond acceptors (Lipinski definition) is 4. The van der Waals surface area contributed by atoms with Gasteiger partial charge in [0.15, 0.2) is 4.87 Å². The van der Waals surface area contributed by atoms with Gasteiger partial charge in [0.2, 0.25) is 5.91 Å². The number of thioether (sulfide) groups is 1. The maximum absolute atomic E-state index is 13.0. The molecule has 2 atom stereocenters. The molecule has 2 unspecified atom stereocenters. The van der Waals surface area contributed by atoms with Crippen LogP contribution in [0.25, 0.3) is 0 Å². The van der Waals surface area contributed by atoms with Gasteiger partial charge in [-0.1, -0.05) is 81.4 Å². The quantitative estimate of drug-likeness (QED) is 0.483. The van der Waals surface area contributed by atoms with Crippen molar-refractivity contribution in [3.8, 4) is 6.07 Å². The Bertz CT molecular complexity index is 853. The molecule has 2 rings (SSSR count). The second kappa shape index (κ2) is 10.3. The smallest absolute Gasteiger partial charge is 0.246 e. The summed E-state index contributed by atoms with van der Waals surface area (Å²) in [7, 11) is 0. The predicted octanol–water partition coefficient (Wildman–Crippen LogP) is 5.20. The zero-order chi connectivity index (χ0) is 21.3. The van der Waals surface area contributed by atoms with E-state index in [1.54, 1.807) is 13.1 Å². The third kappa shape index (κ3) is 8.13. The molecule has 0 aliphatic heterocycles. The number of nitrogens with one attached hydrogen (secondary N) is 1. The van der Waals surface area contributed by atoms with Crippen molar-refractivity contribution in [3.05, 3.63) is 71.8 Å². The lowest BCUT2D eigenvalue weighted by Crippen LogP contribution is -2.47. The summed E-state index contributed by atoms with van der Waals surface area (Å²) in [5.41, 5.74) is 1.98. The molecule has 0 aliphatic rings. The molecule has 1 N–H and O–H groups in total. The van der Waals surface area contributed by atoms with E-state index in [-0.39, 0.29) is 11.3 Å². The average molecular weight is 408 g/mol. The van der Waals surface area contributed by atoms with Crippen LogP contribution in [0.2, 0.25) is 0 Å². The molecule has 4 nitrogen and oxygen atoms in total. The van der Waals surface area contributed by atoms with Crippen molar-refractivity contribution in [1.29, 1.82) is 5.26 Å². The second-order valence-electron chi connectivity index (χ2n) is 8.38. The number of nitriles is 1. The van der Waals surface area contributed by atoms with E-state index in [9.17, 15) is 10.1 Å². The maximum atomic E-state index is 13.0. The van der Waals surface area contributed by atoms with E-state index in [4.69, 9.17) is 0 Å². The number of rotatable bonds is 8. The number of hydrogen-bond donors (Lipinski definition) is 1. The monoisotopic (exact) mass is 407 g/mol. The minimum Gasteiger partial charge on any atom is -0.328 e. The highest BCUT2D eigenvalue weighted by molar-refractivity contribution is 8.00. The zero-order valence-corrected chi connectivity index (χ0v) is 18.4. The molecule has 152 valence electrons. The van der Waals surface area contributed by atoms with Gasteiger partial charge >= 0.3 is 0 Å². The average Bonchev–Trinajstić information content (AvgIpc) is 2.70. The van der Waals surface area contributed by atoms with Crippen LogP contribution in [0.3, 0.4) is 0 Å². The number of amides is 1. The molecule has 1 amide bonds. The van der Waals surface area contributed by atoms with Crippen LogP contribution in [0, 0.1) is 16.7 Å². The zero-order valence-electron chi connectivity index (χ0n) is 17.6. The van der Waals surface area contributed by atoms with Gasteiger partial charge in [-0.2, -0.15) is 5.26 Å². The summed E-state index contributed by atoms with van der Waals surface area (Å²) in [5.74, 6) is 0.416. The summed E-state index contributed by atoms with van der Waals surface area (Å²) in [6.45, 7) is 7.99. The first-order chi connectivity index (χ1) is 13.7. The van der Waals surface area contributed by atoms with Gasteiger partial charge in [-0.25, -0.2) is 0 Å². The van der Waals surface area contributed by atoms with Gasteiger partial charge in [-0.3, -0.25) is 9.79 Å². The molecule has 5 heteroatoms. The largest absolute Gasteiger partial charge is 0.328 e. The van der Waals surface area contributed by atoms with E-state index >= 15 is 0 Å². The van der Waals surface area contributed by atoms with Crippen molar-refractivity contribution in [2.45, 2.75) is 50.8 Å². The van der Waals surface area contributed by atoms with Crippen LogP contribution in [0.5, 0.6) is 0 Å². The van der Waals surface area contributed by atoms with Crippen molar-refractivity contribution in [2.24, 2.45) is 10.4 Å². The first kappa shape index (κ1) is 22.7.